The first-order valence-corrected chi connectivity index (χ1v) is 6.50. The summed E-state index contributed by atoms with van der Waals surface area (Å²) in [7, 11) is 0. The summed E-state index contributed by atoms with van der Waals surface area (Å²) in [5, 5.41) is 16.9. The third-order valence-electron chi connectivity index (χ3n) is 3.05. The Kier molecular flexibility index (Phi) is 5.59. The smallest absolute Gasteiger partial charge is 0.231 e. The Labute approximate surface area is 112 Å². The number of amides is 2. The molecular weight excluding hydrogens is 248 g/mol. The highest BCUT2D eigenvalue weighted by Crippen LogP contribution is 2.28. The first-order chi connectivity index (χ1) is 8.97. The van der Waals surface area contributed by atoms with Gasteiger partial charge in [-0.1, -0.05) is 19.0 Å². The monoisotopic (exact) mass is 270 g/mol. The van der Waals surface area contributed by atoms with E-state index in [2.05, 4.69) is 15.8 Å². The van der Waals surface area contributed by atoms with Gasteiger partial charge in [-0.25, -0.2) is 0 Å². The molecule has 1 fully saturated rings. The molecule has 0 spiro atoms. The minimum Gasteiger partial charge on any atom is -0.409 e. The maximum absolute atomic E-state index is 11.9. The molecule has 0 radical (unpaired) electrons. The van der Waals surface area contributed by atoms with Gasteiger partial charge in [0.2, 0.25) is 11.8 Å². The molecule has 0 bridgehead atoms. The molecule has 1 aliphatic carbocycles. The van der Waals surface area contributed by atoms with E-state index in [0.717, 1.165) is 12.8 Å². The highest BCUT2D eigenvalue weighted by atomic mass is 16.4. The standard InChI is InChI=1S/C12H22N4O3/c1-7(2)9(10(13)16-19)12(18)15-6-5-14-11(17)8-3-4-8/h7-9,19H,3-6H2,1-2H3,(H2,13,16)(H,14,17)(H,15,18). The van der Waals surface area contributed by atoms with E-state index in [1.807, 2.05) is 13.8 Å². The van der Waals surface area contributed by atoms with Gasteiger partial charge in [0.25, 0.3) is 0 Å². The number of oxime groups is 1. The summed E-state index contributed by atoms with van der Waals surface area (Å²) in [6.07, 6.45) is 1.91. The highest BCUT2D eigenvalue weighted by Gasteiger charge is 2.29. The first-order valence-electron chi connectivity index (χ1n) is 6.50. The van der Waals surface area contributed by atoms with Crippen molar-refractivity contribution in [1.82, 2.24) is 10.6 Å². The predicted molar refractivity (Wildman–Crippen MR) is 70.5 cm³/mol. The van der Waals surface area contributed by atoms with Crippen LogP contribution in [0.15, 0.2) is 5.16 Å². The fourth-order valence-electron chi connectivity index (χ4n) is 1.81. The highest BCUT2D eigenvalue weighted by molar-refractivity contribution is 6.02. The number of carbonyl (C=O) groups excluding carboxylic acids is 2. The van der Waals surface area contributed by atoms with Crippen LogP contribution in [-0.2, 0) is 9.59 Å². The van der Waals surface area contributed by atoms with Crippen LogP contribution in [0.2, 0.25) is 0 Å². The summed E-state index contributed by atoms with van der Waals surface area (Å²) in [6, 6.07) is 0. The molecule has 7 nitrogen and oxygen atoms in total. The van der Waals surface area contributed by atoms with Gasteiger partial charge in [0.1, 0.15) is 5.92 Å². The van der Waals surface area contributed by atoms with Crippen molar-refractivity contribution in [3.05, 3.63) is 0 Å². The van der Waals surface area contributed by atoms with Crippen molar-refractivity contribution in [2.75, 3.05) is 13.1 Å². The van der Waals surface area contributed by atoms with Gasteiger partial charge in [-0.3, -0.25) is 9.59 Å². The number of nitrogens with one attached hydrogen (secondary N) is 2. The second kappa shape index (κ2) is 6.96. The summed E-state index contributed by atoms with van der Waals surface area (Å²) in [6.45, 7) is 4.36. The van der Waals surface area contributed by atoms with Crippen LogP contribution in [0.1, 0.15) is 26.7 Å². The number of nitrogens with zero attached hydrogens (tertiary/aromatic N) is 1. The molecule has 1 unspecified atom stereocenters. The number of hydrogen-bond donors (Lipinski definition) is 4. The number of rotatable bonds is 7. The van der Waals surface area contributed by atoms with Gasteiger partial charge in [-0.05, 0) is 18.8 Å². The van der Waals surface area contributed by atoms with Gasteiger partial charge in [-0.2, -0.15) is 0 Å². The van der Waals surface area contributed by atoms with E-state index in [-0.39, 0.29) is 29.5 Å². The SMILES string of the molecule is CC(C)C(C(=O)NCCNC(=O)C1CC1)C(N)=NO. The Morgan fingerprint density at radius 3 is 2.37 bits per heavy atom. The Morgan fingerprint density at radius 1 is 1.32 bits per heavy atom. The van der Waals surface area contributed by atoms with Crippen LogP contribution in [0.5, 0.6) is 0 Å². The Morgan fingerprint density at radius 2 is 1.89 bits per heavy atom. The van der Waals surface area contributed by atoms with Crippen molar-refractivity contribution in [3.63, 3.8) is 0 Å². The molecule has 5 N–H and O–H groups in total. The van der Waals surface area contributed by atoms with E-state index in [1.165, 1.54) is 0 Å². The first kappa shape index (κ1) is 15.3. The number of amidine groups is 1. The zero-order chi connectivity index (χ0) is 14.4. The summed E-state index contributed by atoms with van der Waals surface area (Å²) < 4.78 is 0. The van der Waals surface area contributed by atoms with E-state index in [0.29, 0.717) is 13.1 Å². The summed E-state index contributed by atoms with van der Waals surface area (Å²) >= 11 is 0. The molecule has 0 aromatic heterocycles. The van der Waals surface area contributed by atoms with Crippen LogP contribution in [0.4, 0.5) is 0 Å². The molecule has 0 aromatic carbocycles. The van der Waals surface area contributed by atoms with Gasteiger partial charge in [0.05, 0.1) is 0 Å². The van der Waals surface area contributed by atoms with Gasteiger partial charge < -0.3 is 21.6 Å². The Balaban J connectivity index is 2.29. The van der Waals surface area contributed by atoms with Crippen molar-refractivity contribution in [2.45, 2.75) is 26.7 Å². The summed E-state index contributed by atoms with van der Waals surface area (Å²) in [4.78, 5) is 23.2. The minimum atomic E-state index is -0.663. The van der Waals surface area contributed by atoms with Gasteiger partial charge in [-0.15, -0.1) is 0 Å². The fourth-order valence-corrected chi connectivity index (χ4v) is 1.81. The molecule has 2 amide bonds. The van der Waals surface area contributed by atoms with Crippen LogP contribution in [0.3, 0.4) is 0 Å². The van der Waals surface area contributed by atoms with Gasteiger partial charge >= 0.3 is 0 Å². The van der Waals surface area contributed by atoms with Crippen molar-refractivity contribution in [1.29, 1.82) is 0 Å². The van der Waals surface area contributed by atoms with Crippen LogP contribution in [0, 0.1) is 17.8 Å². The number of nitrogens with two attached hydrogens (primary N) is 1. The predicted octanol–water partition coefficient (Wildman–Crippen LogP) is -0.353. The van der Waals surface area contributed by atoms with Crippen LogP contribution < -0.4 is 16.4 Å². The second-order valence-corrected chi connectivity index (χ2v) is 5.10. The molecule has 1 rings (SSSR count). The van der Waals surface area contributed by atoms with Crippen LogP contribution >= 0.6 is 0 Å². The normalized spacial score (nSPS) is 17.1. The zero-order valence-electron chi connectivity index (χ0n) is 11.3. The van der Waals surface area contributed by atoms with Crippen molar-refractivity contribution >= 4 is 17.6 Å². The number of carbonyl (C=O) groups is 2. The number of hydrogen-bond acceptors (Lipinski definition) is 4. The van der Waals surface area contributed by atoms with Gasteiger partial charge in [0.15, 0.2) is 5.84 Å². The molecule has 1 atom stereocenters. The lowest BCUT2D eigenvalue weighted by molar-refractivity contribution is -0.125. The van der Waals surface area contributed by atoms with E-state index >= 15 is 0 Å². The molecular formula is C12H22N4O3. The second-order valence-electron chi connectivity index (χ2n) is 5.10. The van der Waals surface area contributed by atoms with Crippen molar-refractivity contribution in [3.8, 4) is 0 Å². The maximum atomic E-state index is 11.9. The topological polar surface area (TPSA) is 117 Å². The van der Waals surface area contributed by atoms with Gasteiger partial charge in [0, 0.05) is 19.0 Å². The third kappa shape index (κ3) is 4.76. The fraction of sp³-hybridized carbons (Fsp3) is 0.750. The Bertz CT molecular complexity index is 364. The lowest BCUT2D eigenvalue weighted by Crippen LogP contribution is -2.44. The molecule has 0 aliphatic heterocycles. The molecule has 1 saturated carbocycles. The quantitative estimate of drug-likeness (QED) is 0.166. The molecule has 108 valence electrons. The molecule has 19 heavy (non-hydrogen) atoms. The molecule has 0 aromatic rings. The average molecular weight is 270 g/mol. The summed E-state index contributed by atoms with van der Waals surface area (Å²) in [5.41, 5.74) is 5.49. The molecule has 7 heteroatoms. The van der Waals surface area contributed by atoms with E-state index in [1.54, 1.807) is 0 Å². The van der Waals surface area contributed by atoms with Crippen LogP contribution in [-0.4, -0.2) is 35.9 Å². The van der Waals surface area contributed by atoms with Crippen molar-refractivity contribution < 1.29 is 14.8 Å². The molecule has 1 aliphatic rings. The molecule has 0 heterocycles. The largest absolute Gasteiger partial charge is 0.409 e. The minimum absolute atomic E-state index is 0.0473. The van der Waals surface area contributed by atoms with Crippen molar-refractivity contribution in [2.24, 2.45) is 28.6 Å². The lowest BCUT2D eigenvalue weighted by atomic mass is 9.94. The van der Waals surface area contributed by atoms with E-state index < -0.39 is 5.92 Å². The van der Waals surface area contributed by atoms with E-state index in [9.17, 15) is 9.59 Å². The Hall–Kier alpha value is -1.79. The lowest BCUT2D eigenvalue weighted by Gasteiger charge is -2.18. The third-order valence-corrected chi connectivity index (χ3v) is 3.05. The zero-order valence-corrected chi connectivity index (χ0v) is 11.3. The summed E-state index contributed by atoms with van der Waals surface area (Å²) in [5.74, 6) is -0.927. The average Bonchev–Trinajstić information content (AvgIpc) is 3.17. The van der Waals surface area contributed by atoms with Crippen LogP contribution in [0.25, 0.3) is 0 Å². The van der Waals surface area contributed by atoms with E-state index in [4.69, 9.17) is 10.9 Å². The maximum Gasteiger partial charge on any atom is 0.231 e. The molecule has 0 saturated heterocycles.